The Hall–Kier alpha value is -3.13. The Morgan fingerprint density at radius 2 is 0.902 bits per heavy atom. The molecule has 3 aromatic carbocycles. The van der Waals surface area contributed by atoms with Gasteiger partial charge in [-0.05, 0) is 98.0 Å². The number of aliphatic carboxylic acids is 2. The van der Waals surface area contributed by atoms with Gasteiger partial charge in [0, 0.05) is 32.5 Å². The fourth-order valence-corrected chi connectivity index (χ4v) is 10.2. The number of carboxylic acid groups (broad SMARTS) is 2. The molecule has 340 valence electrons. The van der Waals surface area contributed by atoms with Gasteiger partial charge in [0.05, 0.1) is 12.2 Å². The zero-order valence-corrected chi connectivity index (χ0v) is 41.5. The summed E-state index contributed by atoms with van der Waals surface area (Å²) in [5.74, 6) is -1.48. The van der Waals surface area contributed by atoms with E-state index >= 15 is 0 Å². The average Bonchev–Trinajstić information content (AvgIpc) is 3.18. The predicted octanol–water partition coefficient (Wildman–Crippen LogP) is 12.9. The lowest BCUT2D eigenvalue weighted by atomic mass is 9.80. The molecule has 0 heterocycles. The van der Waals surface area contributed by atoms with Crippen molar-refractivity contribution in [2.24, 2.45) is 0 Å². The molecule has 8 nitrogen and oxygen atoms in total. The highest BCUT2D eigenvalue weighted by molar-refractivity contribution is 6.74. The van der Waals surface area contributed by atoms with E-state index in [1.807, 2.05) is 0 Å². The Morgan fingerprint density at radius 1 is 0.541 bits per heavy atom. The Labute approximate surface area is 372 Å². The van der Waals surface area contributed by atoms with Gasteiger partial charge < -0.3 is 23.8 Å². The molecule has 0 saturated heterocycles. The van der Waals surface area contributed by atoms with Crippen LogP contribution in [-0.2, 0) is 28.8 Å². The van der Waals surface area contributed by atoms with Gasteiger partial charge in [-0.15, -0.1) is 0 Å². The maximum atomic E-state index is 11.3. The summed E-state index contributed by atoms with van der Waals surface area (Å²) < 4.78 is 21.6. The zero-order valence-electron chi connectivity index (χ0n) is 39.5. The van der Waals surface area contributed by atoms with Crippen molar-refractivity contribution in [3.8, 4) is 0 Å². The minimum atomic E-state index is -2.14. The second-order valence-electron chi connectivity index (χ2n) is 20.1. The molecule has 2 atom stereocenters. The summed E-state index contributed by atoms with van der Waals surface area (Å²) in [6.07, 6.45) is 8.85. The highest BCUT2D eigenvalue weighted by atomic mass is 28.4. The molecule has 3 rings (SSSR count). The minimum absolute atomic E-state index is 0.00736. The van der Waals surface area contributed by atoms with Gasteiger partial charge >= 0.3 is 11.9 Å². The third-order valence-electron chi connectivity index (χ3n) is 13.0. The molecule has 0 fully saturated rings. The summed E-state index contributed by atoms with van der Waals surface area (Å²) >= 11 is 0. The number of unbranched alkanes of at least 4 members (excludes halogenated alkanes) is 5. The van der Waals surface area contributed by atoms with Crippen LogP contribution in [0.5, 0.6) is 0 Å². The standard InChI is InChI=1S/C51H81NO7Si2/c1-49(2,3)60(7,8)58-45(34-22-14-24-36-47(53)54)40-52(41-46(35-23-15-25-37-48(55)56)59-61(9,10)50(4,5)6)38-26-27-39-57-51(42-28-16-11-17-29-42,43-30-18-12-19-31-43)44-32-20-13-21-33-44/h11-13,16-21,28-33,45-46H,14-15,22-27,34-41H2,1-10H3,(H,53,54)(H,55,56). The van der Waals surface area contributed by atoms with Crippen LogP contribution in [0.15, 0.2) is 91.0 Å². The number of ether oxygens (including phenoxy) is 1. The fourth-order valence-electron chi connectivity index (χ4n) is 7.48. The summed E-state index contributed by atoms with van der Waals surface area (Å²) in [6.45, 7) is 26.0. The highest BCUT2D eigenvalue weighted by Crippen LogP contribution is 2.42. The first kappa shape index (κ1) is 52.2. The van der Waals surface area contributed by atoms with Gasteiger partial charge in [-0.25, -0.2) is 0 Å². The smallest absolute Gasteiger partial charge is 0.303 e. The molecular weight excluding hydrogens is 795 g/mol. The average molecular weight is 876 g/mol. The van der Waals surface area contributed by atoms with Crippen LogP contribution >= 0.6 is 0 Å². The summed E-state index contributed by atoms with van der Waals surface area (Å²) in [4.78, 5) is 25.2. The highest BCUT2D eigenvalue weighted by Gasteiger charge is 2.42. The molecule has 0 aliphatic carbocycles. The van der Waals surface area contributed by atoms with Crippen LogP contribution in [0.2, 0.25) is 36.3 Å². The van der Waals surface area contributed by atoms with E-state index in [4.69, 9.17) is 13.6 Å². The molecular formula is C51H81NO7Si2. The Balaban J connectivity index is 1.93. The molecule has 2 N–H and O–H groups in total. The molecule has 0 spiro atoms. The first-order valence-corrected chi connectivity index (χ1v) is 28.8. The van der Waals surface area contributed by atoms with Crippen LogP contribution in [0.25, 0.3) is 0 Å². The molecule has 10 heteroatoms. The maximum Gasteiger partial charge on any atom is 0.303 e. The van der Waals surface area contributed by atoms with E-state index in [1.165, 1.54) is 0 Å². The lowest BCUT2D eigenvalue weighted by Gasteiger charge is -2.42. The van der Waals surface area contributed by atoms with Gasteiger partial charge in [-0.3, -0.25) is 14.5 Å². The molecule has 0 bridgehead atoms. The van der Waals surface area contributed by atoms with E-state index < -0.39 is 34.2 Å². The molecule has 0 aliphatic rings. The molecule has 0 aliphatic heterocycles. The fraction of sp³-hybridized carbons (Fsp3) is 0.608. The SMILES string of the molecule is CC(C)(C)[Si](C)(C)OC(CCCCCC(=O)O)CN(CCCCOC(c1ccccc1)(c1ccccc1)c1ccccc1)CC(CCCCCC(=O)O)O[Si](C)(C)C(C)(C)C. The molecule has 3 aromatic rings. The Morgan fingerprint density at radius 3 is 1.23 bits per heavy atom. The number of benzene rings is 3. The number of hydrogen-bond acceptors (Lipinski definition) is 6. The zero-order chi connectivity index (χ0) is 45.2. The Kier molecular flexibility index (Phi) is 21.1. The second kappa shape index (κ2) is 24.6. The first-order chi connectivity index (χ1) is 28.7. The topological polar surface area (TPSA) is 106 Å². The van der Waals surface area contributed by atoms with E-state index in [1.54, 1.807) is 0 Å². The van der Waals surface area contributed by atoms with Crippen LogP contribution in [0.3, 0.4) is 0 Å². The van der Waals surface area contributed by atoms with Gasteiger partial charge in [0.1, 0.15) is 5.60 Å². The Bertz CT molecular complexity index is 1540. The second-order valence-corrected chi connectivity index (χ2v) is 29.6. The van der Waals surface area contributed by atoms with Crippen molar-refractivity contribution in [3.63, 3.8) is 0 Å². The molecule has 0 saturated carbocycles. The van der Waals surface area contributed by atoms with E-state index in [2.05, 4.69) is 164 Å². The number of hydrogen-bond donors (Lipinski definition) is 2. The van der Waals surface area contributed by atoms with Crippen molar-refractivity contribution in [3.05, 3.63) is 108 Å². The van der Waals surface area contributed by atoms with Crippen LogP contribution < -0.4 is 0 Å². The molecule has 2 unspecified atom stereocenters. The summed E-state index contributed by atoms with van der Waals surface area (Å²) in [5, 5.41) is 18.7. The number of carbonyl (C=O) groups is 2. The van der Waals surface area contributed by atoms with Gasteiger partial charge in [0.15, 0.2) is 16.6 Å². The normalized spacial score (nSPS) is 14.0. The number of carboxylic acids is 2. The lowest BCUT2D eigenvalue weighted by Crippen LogP contribution is -2.50. The third-order valence-corrected chi connectivity index (χ3v) is 22.1. The van der Waals surface area contributed by atoms with Gasteiger partial charge in [0.2, 0.25) is 0 Å². The third kappa shape index (κ3) is 17.2. The molecule has 0 aromatic heterocycles. The van der Waals surface area contributed by atoms with Crippen molar-refractivity contribution >= 4 is 28.6 Å². The van der Waals surface area contributed by atoms with E-state index in [0.29, 0.717) is 19.4 Å². The van der Waals surface area contributed by atoms with Crippen LogP contribution in [0.4, 0.5) is 0 Å². The van der Waals surface area contributed by atoms with Gasteiger partial charge in [0.25, 0.3) is 0 Å². The summed E-state index contributed by atoms with van der Waals surface area (Å²) in [5.41, 5.74) is 2.51. The molecule has 0 amide bonds. The summed E-state index contributed by atoms with van der Waals surface area (Å²) in [7, 11) is -4.28. The summed E-state index contributed by atoms with van der Waals surface area (Å²) in [6, 6.07) is 31.6. The monoisotopic (exact) mass is 876 g/mol. The van der Waals surface area contributed by atoms with E-state index in [9.17, 15) is 19.8 Å². The molecule has 0 radical (unpaired) electrons. The first-order valence-electron chi connectivity index (χ1n) is 23.0. The number of rotatable bonds is 29. The van der Waals surface area contributed by atoms with Crippen molar-refractivity contribution in [2.45, 2.75) is 173 Å². The predicted molar refractivity (Wildman–Crippen MR) is 256 cm³/mol. The number of nitrogens with zero attached hydrogens (tertiary/aromatic N) is 1. The van der Waals surface area contributed by atoms with Crippen molar-refractivity contribution in [1.29, 1.82) is 0 Å². The maximum absolute atomic E-state index is 11.3. The minimum Gasteiger partial charge on any atom is -0.481 e. The van der Waals surface area contributed by atoms with Gasteiger partial charge in [-0.1, -0.05) is 158 Å². The largest absolute Gasteiger partial charge is 0.481 e. The van der Waals surface area contributed by atoms with Crippen LogP contribution in [0, 0.1) is 0 Å². The van der Waals surface area contributed by atoms with E-state index in [-0.39, 0.29) is 35.1 Å². The van der Waals surface area contributed by atoms with Crippen molar-refractivity contribution < 1.29 is 33.4 Å². The van der Waals surface area contributed by atoms with E-state index in [0.717, 1.165) is 87.7 Å². The lowest BCUT2D eigenvalue weighted by molar-refractivity contribution is -0.138. The van der Waals surface area contributed by atoms with Crippen molar-refractivity contribution in [1.82, 2.24) is 4.90 Å². The van der Waals surface area contributed by atoms with Gasteiger partial charge in [-0.2, -0.15) is 0 Å². The quantitative estimate of drug-likeness (QED) is 0.0404. The van der Waals surface area contributed by atoms with Crippen LogP contribution in [-0.4, -0.2) is 82.1 Å². The van der Waals surface area contributed by atoms with Crippen LogP contribution in [0.1, 0.15) is 135 Å². The molecule has 61 heavy (non-hydrogen) atoms. The van der Waals surface area contributed by atoms with Crippen molar-refractivity contribution in [2.75, 3.05) is 26.2 Å².